The van der Waals surface area contributed by atoms with Crippen LogP contribution in [0.1, 0.15) is 42.0 Å². The van der Waals surface area contributed by atoms with Gasteiger partial charge in [0.1, 0.15) is 5.82 Å². The van der Waals surface area contributed by atoms with Gasteiger partial charge >= 0.3 is 0 Å². The first kappa shape index (κ1) is 16.7. The van der Waals surface area contributed by atoms with Gasteiger partial charge in [-0.2, -0.15) is 5.10 Å². The minimum atomic E-state index is 0.281. The highest BCUT2D eigenvalue weighted by Crippen LogP contribution is 2.35. The van der Waals surface area contributed by atoms with E-state index < -0.39 is 0 Å². The molecule has 1 fully saturated rings. The minimum Gasteiger partial charge on any atom is -0.379 e. The lowest BCUT2D eigenvalue weighted by Gasteiger charge is -2.28. The van der Waals surface area contributed by atoms with Gasteiger partial charge in [-0.25, -0.2) is 9.67 Å². The molecule has 3 heterocycles. The predicted octanol–water partition coefficient (Wildman–Crippen LogP) is 1.58. The lowest BCUT2D eigenvalue weighted by molar-refractivity contribution is 0.0382. The number of nitrogens with two attached hydrogens (primary N) is 1. The zero-order valence-corrected chi connectivity index (χ0v) is 14.7. The maximum Gasteiger partial charge on any atom is 0.152 e. The zero-order chi connectivity index (χ0) is 17.1. The maximum absolute atomic E-state index is 6.00. The van der Waals surface area contributed by atoms with Crippen molar-refractivity contribution in [3.63, 3.8) is 0 Å². The molecule has 1 aromatic heterocycles. The summed E-state index contributed by atoms with van der Waals surface area (Å²) in [5, 5.41) is 4.88. The van der Waals surface area contributed by atoms with E-state index in [4.69, 9.17) is 20.6 Å². The zero-order valence-electron chi connectivity index (χ0n) is 14.7. The summed E-state index contributed by atoms with van der Waals surface area (Å²) < 4.78 is 7.56. The molecule has 0 spiro atoms. The smallest absolute Gasteiger partial charge is 0.152 e. The summed E-state index contributed by atoms with van der Waals surface area (Å²) in [5.74, 6) is 2.34. The van der Waals surface area contributed by atoms with Crippen LogP contribution in [0.15, 0.2) is 30.3 Å². The maximum atomic E-state index is 6.00. The van der Waals surface area contributed by atoms with Gasteiger partial charge in [0.05, 0.1) is 19.3 Å². The Kier molecular flexibility index (Phi) is 5.10. The summed E-state index contributed by atoms with van der Waals surface area (Å²) >= 11 is 0. The number of rotatable bonds is 5. The lowest BCUT2D eigenvalue weighted by Crippen LogP contribution is -2.37. The van der Waals surface area contributed by atoms with Crippen molar-refractivity contribution < 1.29 is 4.74 Å². The molecular formula is C19H27N5O. The van der Waals surface area contributed by atoms with E-state index in [1.807, 2.05) is 0 Å². The van der Waals surface area contributed by atoms with Crippen LogP contribution in [0.3, 0.4) is 0 Å². The Labute approximate surface area is 149 Å². The second-order valence-electron chi connectivity index (χ2n) is 6.97. The van der Waals surface area contributed by atoms with E-state index >= 15 is 0 Å². The lowest BCUT2D eigenvalue weighted by atomic mass is 9.91. The Morgan fingerprint density at radius 1 is 1.12 bits per heavy atom. The third-order valence-electron chi connectivity index (χ3n) is 5.37. The highest BCUT2D eigenvalue weighted by Gasteiger charge is 2.30. The summed E-state index contributed by atoms with van der Waals surface area (Å²) in [4.78, 5) is 7.31. The molecule has 0 amide bonds. The average Bonchev–Trinajstić information content (AvgIpc) is 3.11. The molecule has 2 aliphatic rings. The first-order valence-electron chi connectivity index (χ1n) is 9.35. The number of morpholine rings is 1. The van der Waals surface area contributed by atoms with Crippen LogP contribution in [-0.4, -0.2) is 59.1 Å². The number of hydrogen-bond donors (Lipinski definition) is 1. The number of nitrogens with zero attached hydrogens (tertiary/aromatic N) is 4. The van der Waals surface area contributed by atoms with E-state index in [-0.39, 0.29) is 6.04 Å². The fraction of sp³-hybridized carbons (Fsp3) is 0.579. The normalized spacial score (nSPS) is 24.2. The minimum absolute atomic E-state index is 0.281. The van der Waals surface area contributed by atoms with Crippen molar-refractivity contribution in [2.24, 2.45) is 5.73 Å². The van der Waals surface area contributed by atoms with Gasteiger partial charge < -0.3 is 10.5 Å². The van der Waals surface area contributed by atoms with Gasteiger partial charge in [-0.1, -0.05) is 30.3 Å². The fourth-order valence-electron chi connectivity index (χ4n) is 3.89. The summed E-state index contributed by atoms with van der Waals surface area (Å²) in [6, 6.07) is 10.9. The van der Waals surface area contributed by atoms with Gasteiger partial charge in [-0.05, 0) is 18.4 Å². The Hall–Kier alpha value is -1.76. The molecule has 25 heavy (non-hydrogen) atoms. The van der Waals surface area contributed by atoms with Crippen LogP contribution in [0.2, 0.25) is 0 Å². The van der Waals surface area contributed by atoms with Crippen molar-refractivity contribution in [3.05, 3.63) is 47.5 Å². The van der Waals surface area contributed by atoms with Gasteiger partial charge in [0.2, 0.25) is 0 Å². The molecule has 0 radical (unpaired) electrons. The second-order valence-corrected chi connectivity index (χ2v) is 6.97. The molecule has 1 aromatic carbocycles. The standard InChI is InChI=1S/C19H27N5O/c20-14-16-6-7-17(15-4-2-1-3-5-15)24-19(16)21-18(22-24)8-9-23-10-12-25-13-11-23/h1-5,16-17H,6-14,20H2. The summed E-state index contributed by atoms with van der Waals surface area (Å²) in [6.45, 7) is 5.31. The highest BCUT2D eigenvalue weighted by molar-refractivity contribution is 5.22. The van der Waals surface area contributed by atoms with Crippen LogP contribution in [0, 0.1) is 0 Å². The largest absolute Gasteiger partial charge is 0.379 e. The van der Waals surface area contributed by atoms with Gasteiger partial charge in [0, 0.05) is 38.5 Å². The fourth-order valence-corrected chi connectivity index (χ4v) is 3.89. The third kappa shape index (κ3) is 3.61. The van der Waals surface area contributed by atoms with Crippen LogP contribution < -0.4 is 5.73 Å². The van der Waals surface area contributed by atoms with Crippen molar-refractivity contribution in [2.45, 2.75) is 31.2 Å². The third-order valence-corrected chi connectivity index (χ3v) is 5.37. The molecule has 2 atom stereocenters. The predicted molar refractivity (Wildman–Crippen MR) is 96.6 cm³/mol. The monoisotopic (exact) mass is 341 g/mol. The van der Waals surface area contributed by atoms with Gasteiger partial charge in [-0.3, -0.25) is 4.90 Å². The number of hydrogen-bond acceptors (Lipinski definition) is 5. The van der Waals surface area contributed by atoms with Gasteiger partial charge in [-0.15, -0.1) is 0 Å². The summed E-state index contributed by atoms with van der Waals surface area (Å²) in [6.07, 6.45) is 3.04. The Morgan fingerprint density at radius 2 is 1.92 bits per heavy atom. The van der Waals surface area contributed by atoms with Crippen molar-refractivity contribution in [1.29, 1.82) is 0 Å². The van der Waals surface area contributed by atoms with Crippen LogP contribution in [0.4, 0.5) is 0 Å². The van der Waals surface area contributed by atoms with E-state index in [2.05, 4.69) is 39.9 Å². The average molecular weight is 341 g/mol. The van der Waals surface area contributed by atoms with Crippen LogP contribution in [0.25, 0.3) is 0 Å². The van der Waals surface area contributed by atoms with E-state index in [9.17, 15) is 0 Å². The van der Waals surface area contributed by atoms with E-state index in [1.165, 1.54) is 5.56 Å². The van der Waals surface area contributed by atoms with E-state index in [0.29, 0.717) is 12.5 Å². The molecule has 2 N–H and O–H groups in total. The van der Waals surface area contributed by atoms with Crippen LogP contribution in [-0.2, 0) is 11.2 Å². The summed E-state index contributed by atoms with van der Waals surface area (Å²) in [5.41, 5.74) is 7.31. The first-order chi connectivity index (χ1) is 12.3. The Morgan fingerprint density at radius 3 is 2.68 bits per heavy atom. The van der Waals surface area contributed by atoms with E-state index in [0.717, 1.165) is 63.8 Å². The Bertz CT molecular complexity index is 680. The molecule has 6 nitrogen and oxygen atoms in total. The molecule has 0 aliphatic carbocycles. The van der Waals surface area contributed by atoms with Gasteiger partial charge in [0.25, 0.3) is 0 Å². The number of ether oxygens (including phenoxy) is 1. The second kappa shape index (κ2) is 7.64. The molecule has 134 valence electrons. The number of benzene rings is 1. The van der Waals surface area contributed by atoms with Crippen LogP contribution >= 0.6 is 0 Å². The van der Waals surface area contributed by atoms with Crippen molar-refractivity contribution in [1.82, 2.24) is 19.7 Å². The molecule has 2 unspecified atom stereocenters. The molecule has 1 saturated heterocycles. The molecular weight excluding hydrogens is 314 g/mol. The van der Waals surface area contributed by atoms with Crippen molar-refractivity contribution in [2.75, 3.05) is 39.4 Å². The highest BCUT2D eigenvalue weighted by atomic mass is 16.5. The molecule has 0 bridgehead atoms. The molecule has 2 aliphatic heterocycles. The Balaban J connectivity index is 1.54. The summed E-state index contributed by atoms with van der Waals surface area (Å²) in [7, 11) is 0. The molecule has 2 aromatic rings. The number of fused-ring (bicyclic) bond motifs is 1. The van der Waals surface area contributed by atoms with Crippen molar-refractivity contribution >= 4 is 0 Å². The van der Waals surface area contributed by atoms with Crippen molar-refractivity contribution in [3.8, 4) is 0 Å². The van der Waals surface area contributed by atoms with Crippen LogP contribution in [0.5, 0.6) is 0 Å². The van der Waals surface area contributed by atoms with Gasteiger partial charge in [0.15, 0.2) is 5.82 Å². The molecule has 0 saturated carbocycles. The molecule has 6 heteroatoms. The topological polar surface area (TPSA) is 69.2 Å². The number of aromatic nitrogens is 3. The first-order valence-corrected chi connectivity index (χ1v) is 9.35. The van der Waals surface area contributed by atoms with E-state index in [1.54, 1.807) is 0 Å². The quantitative estimate of drug-likeness (QED) is 0.894. The molecule has 4 rings (SSSR count). The SMILES string of the molecule is NCC1CCC(c2ccccc2)n2nc(CCN3CCOCC3)nc21.